The van der Waals surface area contributed by atoms with Gasteiger partial charge in [-0.3, -0.25) is 14.6 Å². The maximum Gasteiger partial charge on any atom is 0.341 e. The molecule has 3 rings (SSSR count). The normalized spacial score (nSPS) is 15.0. The summed E-state index contributed by atoms with van der Waals surface area (Å²) in [4.78, 5) is 30.5. The minimum atomic E-state index is -0.400. The van der Waals surface area contributed by atoms with Crippen molar-refractivity contribution in [3.8, 4) is 5.75 Å². The van der Waals surface area contributed by atoms with Crippen molar-refractivity contribution < 1.29 is 19.1 Å². The fraction of sp³-hybridized carbons (Fsp3) is 0.478. The van der Waals surface area contributed by atoms with E-state index in [2.05, 4.69) is 27.2 Å². The van der Waals surface area contributed by atoms with Crippen molar-refractivity contribution in [3.05, 3.63) is 45.8 Å². The minimum Gasteiger partial charge on any atom is -0.497 e. The van der Waals surface area contributed by atoms with Crippen LogP contribution in [0, 0.1) is 6.92 Å². The molecule has 0 bridgehead atoms. The molecular formula is C23H31N3O4S. The fourth-order valence-electron chi connectivity index (χ4n) is 3.91. The van der Waals surface area contributed by atoms with Gasteiger partial charge in [0.25, 0.3) is 0 Å². The van der Waals surface area contributed by atoms with Gasteiger partial charge in [-0.05, 0) is 36.6 Å². The number of nitrogens with one attached hydrogen (secondary N) is 1. The number of carbonyl (C=O) groups is 2. The molecule has 1 aliphatic rings. The van der Waals surface area contributed by atoms with Crippen LogP contribution in [0.1, 0.15) is 33.3 Å². The molecule has 7 nitrogen and oxygen atoms in total. The third kappa shape index (κ3) is 5.84. The average Bonchev–Trinajstić information content (AvgIpc) is 3.09. The van der Waals surface area contributed by atoms with Gasteiger partial charge in [0.1, 0.15) is 10.8 Å². The quantitative estimate of drug-likeness (QED) is 0.630. The molecule has 1 fully saturated rings. The van der Waals surface area contributed by atoms with Crippen molar-refractivity contribution in [2.24, 2.45) is 0 Å². The highest BCUT2D eigenvalue weighted by Gasteiger charge is 2.24. The Hall–Kier alpha value is -2.42. The lowest BCUT2D eigenvalue weighted by Gasteiger charge is -2.34. The maximum atomic E-state index is 12.7. The van der Waals surface area contributed by atoms with Gasteiger partial charge in [-0.25, -0.2) is 4.79 Å². The van der Waals surface area contributed by atoms with Crippen molar-refractivity contribution in [1.29, 1.82) is 0 Å². The molecule has 0 aliphatic carbocycles. The van der Waals surface area contributed by atoms with Crippen LogP contribution in [0.4, 0.5) is 5.00 Å². The molecule has 0 radical (unpaired) electrons. The predicted molar refractivity (Wildman–Crippen MR) is 123 cm³/mol. The first-order valence-electron chi connectivity index (χ1n) is 10.5. The van der Waals surface area contributed by atoms with E-state index in [0.29, 0.717) is 17.1 Å². The Morgan fingerprint density at radius 1 is 1.13 bits per heavy atom. The highest BCUT2D eigenvalue weighted by molar-refractivity contribution is 7.16. The Morgan fingerprint density at radius 2 is 1.84 bits per heavy atom. The van der Waals surface area contributed by atoms with Gasteiger partial charge in [0.05, 0.1) is 26.3 Å². The SMILES string of the molecule is CCc1c(C)sc(NC(=O)CN2CCN(Cc3cccc(OC)c3)CC2)c1C(=O)OC. The van der Waals surface area contributed by atoms with Gasteiger partial charge in [0.15, 0.2) is 0 Å². The summed E-state index contributed by atoms with van der Waals surface area (Å²) < 4.78 is 10.2. The van der Waals surface area contributed by atoms with Gasteiger partial charge in [0, 0.05) is 37.6 Å². The molecule has 1 aromatic heterocycles. The first kappa shape index (κ1) is 23.2. The minimum absolute atomic E-state index is 0.102. The molecular weight excluding hydrogens is 414 g/mol. The number of hydrogen-bond acceptors (Lipinski definition) is 7. The second-order valence-electron chi connectivity index (χ2n) is 7.64. The number of methoxy groups -OCH3 is 2. The van der Waals surface area contributed by atoms with Crippen molar-refractivity contribution in [3.63, 3.8) is 0 Å². The lowest BCUT2D eigenvalue weighted by molar-refractivity contribution is -0.117. The van der Waals surface area contributed by atoms with Crippen LogP contribution in [0.25, 0.3) is 0 Å². The van der Waals surface area contributed by atoms with Crippen LogP contribution < -0.4 is 10.1 Å². The molecule has 2 heterocycles. The summed E-state index contributed by atoms with van der Waals surface area (Å²) in [6.45, 7) is 8.59. The number of aryl methyl sites for hydroxylation is 1. The lowest BCUT2D eigenvalue weighted by atomic mass is 10.1. The van der Waals surface area contributed by atoms with E-state index in [4.69, 9.17) is 9.47 Å². The Morgan fingerprint density at radius 3 is 2.48 bits per heavy atom. The number of amides is 1. The Bertz CT molecular complexity index is 920. The predicted octanol–water partition coefficient (Wildman–Crippen LogP) is 3.17. The molecule has 0 spiro atoms. The summed E-state index contributed by atoms with van der Waals surface area (Å²) in [7, 11) is 3.04. The summed E-state index contributed by atoms with van der Waals surface area (Å²) in [6.07, 6.45) is 0.720. The average molecular weight is 446 g/mol. The summed E-state index contributed by atoms with van der Waals surface area (Å²) >= 11 is 1.43. The number of esters is 1. The van der Waals surface area contributed by atoms with Crippen molar-refractivity contribution in [2.45, 2.75) is 26.8 Å². The zero-order chi connectivity index (χ0) is 22.4. The third-order valence-corrected chi connectivity index (χ3v) is 6.64. The molecule has 1 aliphatic heterocycles. The topological polar surface area (TPSA) is 71.1 Å². The molecule has 0 atom stereocenters. The number of thiophene rings is 1. The third-order valence-electron chi connectivity index (χ3n) is 5.58. The number of benzene rings is 1. The van der Waals surface area contributed by atoms with E-state index in [0.717, 1.165) is 55.3 Å². The molecule has 2 aromatic rings. The van der Waals surface area contributed by atoms with Crippen LogP contribution in [0.3, 0.4) is 0 Å². The number of carbonyl (C=O) groups excluding carboxylic acids is 2. The second kappa shape index (κ2) is 10.7. The first-order chi connectivity index (χ1) is 14.9. The highest BCUT2D eigenvalue weighted by Crippen LogP contribution is 2.34. The molecule has 0 unspecified atom stereocenters. The smallest absolute Gasteiger partial charge is 0.341 e. The van der Waals surface area contributed by atoms with E-state index < -0.39 is 5.97 Å². The van der Waals surface area contributed by atoms with Gasteiger partial charge in [-0.2, -0.15) is 0 Å². The number of piperazine rings is 1. The standard InChI is InChI=1S/C23H31N3O4S/c1-5-19-16(2)31-22(21(19)23(28)30-4)24-20(27)15-26-11-9-25(10-12-26)14-17-7-6-8-18(13-17)29-3/h6-8,13H,5,9-12,14-15H2,1-4H3,(H,24,27). The molecule has 168 valence electrons. The van der Waals surface area contributed by atoms with Crippen LogP contribution >= 0.6 is 11.3 Å². The Kier molecular flexibility index (Phi) is 8.06. The molecule has 8 heteroatoms. The van der Waals surface area contributed by atoms with Crippen LogP contribution in [0.2, 0.25) is 0 Å². The summed E-state index contributed by atoms with van der Waals surface area (Å²) in [5, 5.41) is 3.53. The summed E-state index contributed by atoms with van der Waals surface area (Å²) in [5.74, 6) is 0.368. The molecule has 31 heavy (non-hydrogen) atoms. The summed E-state index contributed by atoms with van der Waals surface area (Å²) in [5.41, 5.74) is 2.66. The van der Waals surface area contributed by atoms with Gasteiger partial charge in [0.2, 0.25) is 5.91 Å². The van der Waals surface area contributed by atoms with E-state index >= 15 is 0 Å². The monoisotopic (exact) mass is 445 g/mol. The van der Waals surface area contributed by atoms with Crippen molar-refractivity contribution >= 4 is 28.2 Å². The van der Waals surface area contributed by atoms with E-state index in [1.165, 1.54) is 24.0 Å². The van der Waals surface area contributed by atoms with E-state index in [1.807, 2.05) is 26.0 Å². The molecule has 1 amide bonds. The number of hydrogen-bond donors (Lipinski definition) is 1. The zero-order valence-corrected chi connectivity index (χ0v) is 19.5. The lowest BCUT2D eigenvalue weighted by Crippen LogP contribution is -2.48. The van der Waals surface area contributed by atoms with Crippen LogP contribution in [0.15, 0.2) is 24.3 Å². The number of ether oxygens (including phenoxy) is 2. The number of rotatable bonds is 8. The van der Waals surface area contributed by atoms with Gasteiger partial charge < -0.3 is 14.8 Å². The van der Waals surface area contributed by atoms with Gasteiger partial charge in [-0.1, -0.05) is 19.1 Å². The first-order valence-corrected chi connectivity index (χ1v) is 11.3. The molecule has 1 aromatic carbocycles. The van der Waals surface area contributed by atoms with Crippen LogP contribution in [0.5, 0.6) is 5.75 Å². The highest BCUT2D eigenvalue weighted by atomic mass is 32.1. The van der Waals surface area contributed by atoms with Gasteiger partial charge in [-0.15, -0.1) is 11.3 Å². The van der Waals surface area contributed by atoms with E-state index in [9.17, 15) is 9.59 Å². The molecule has 1 N–H and O–H groups in total. The van der Waals surface area contributed by atoms with Crippen LogP contribution in [-0.2, 0) is 22.5 Å². The van der Waals surface area contributed by atoms with Crippen LogP contribution in [-0.4, -0.2) is 68.6 Å². The van der Waals surface area contributed by atoms with Crippen molar-refractivity contribution in [2.75, 3.05) is 52.3 Å². The van der Waals surface area contributed by atoms with E-state index in [-0.39, 0.29) is 5.91 Å². The number of anilines is 1. The zero-order valence-electron chi connectivity index (χ0n) is 18.7. The second-order valence-corrected chi connectivity index (χ2v) is 8.86. The maximum absolute atomic E-state index is 12.7. The summed E-state index contributed by atoms with van der Waals surface area (Å²) in [6, 6.07) is 8.12. The Balaban J connectivity index is 1.53. The fourth-order valence-corrected chi connectivity index (χ4v) is 5.06. The number of nitrogens with zero attached hydrogens (tertiary/aromatic N) is 2. The van der Waals surface area contributed by atoms with E-state index in [1.54, 1.807) is 7.11 Å². The van der Waals surface area contributed by atoms with Crippen molar-refractivity contribution in [1.82, 2.24) is 9.80 Å². The molecule has 1 saturated heterocycles. The molecule has 0 saturated carbocycles. The Labute approximate surface area is 187 Å². The van der Waals surface area contributed by atoms with Gasteiger partial charge >= 0.3 is 5.97 Å². The largest absolute Gasteiger partial charge is 0.497 e.